The van der Waals surface area contributed by atoms with E-state index in [-0.39, 0.29) is 24.1 Å². The lowest BCUT2D eigenvalue weighted by Gasteiger charge is -2.36. The number of nitrogens with zero attached hydrogens (tertiary/aromatic N) is 2. The molecule has 124 valence electrons. The van der Waals surface area contributed by atoms with Crippen LogP contribution in [-0.4, -0.2) is 28.8 Å². The van der Waals surface area contributed by atoms with E-state index in [1.54, 1.807) is 23.0 Å². The highest BCUT2D eigenvalue weighted by Gasteiger charge is 2.41. The van der Waals surface area contributed by atoms with Crippen LogP contribution in [0.4, 0.5) is 4.39 Å². The number of halogens is 2. The number of amides is 1. The molecule has 5 nitrogen and oxygen atoms in total. The lowest BCUT2D eigenvalue weighted by atomic mass is 9.87. The maximum atomic E-state index is 13.2. The Bertz CT molecular complexity index is 641. The molecule has 0 bridgehead atoms. The molecule has 7 heteroatoms. The largest absolute Gasteiger partial charge is 0.350 e. The molecule has 1 amide bonds. The highest BCUT2D eigenvalue weighted by molar-refractivity contribution is 5.85. The number of benzene rings is 1. The zero-order valence-corrected chi connectivity index (χ0v) is 13.5. The van der Waals surface area contributed by atoms with Gasteiger partial charge in [0.2, 0.25) is 5.91 Å². The number of rotatable bonds is 4. The van der Waals surface area contributed by atoms with Crippen LogP contribution in [0.5, 0.6) is 0 Å². The van der Waals surface area contributed by atoms with Crippen molar-refractivity contribution < 1.29 is 9.18 Å². The Labute approximate surface area is 140 Å². The van der Waals surface area contributed by atoms with Crippen molar-refractivity contribution in [2.24, 2.45) is 0 Å². The molecule has 1 fully saturated rings. The summed E-state index contributed by atoms with van der Waals surface area (Å²) in [5.74, 6) is -0.364. The van der Waals surface area contributed by atoms with Crippen molar-refractivity contribution in [3.05, 3.63) is 54.1 Å². The quantitative estimate of drug-likeness (QED) is 0.894. The predicted octanol–water partition coefficient (Wildman–Crippen LogP) is 1.84. The van der Waals surface area contributed by atoms with Gasteiger partial charge in [-0.3, -0.25) is 9.48 Å². The third kappa shape index (κ3) is 3.71. The molecular formula is C16H20ClFN4O. The van der Waals surface area contributed by atoms with Gasteiger partial charge in [-0.25, -0.2) is 4.39 Å². The van der Waals surface area contributed by atoms with Gasteiger partial charge in [0.15, 0.2) is 0 Å². The maximum absolute atomic E-state index is 13.2. The molecule has 0 atom stereocenters. The van der Waals surface area contributed by atoms with Gasteiger partial charge in [0, 0.05) is 18.9 Å². The SMILES string of the molecule is Cl.O=C(NCc1cccc(F)c1)C1(n2cccn2)CCNCC1. The number of piperidine rings is 1. The van der Waals surface area contributed by atoms with Gasteiger partial charge in [-0.05, 0) is 49.7 Å². The standard InChI is InChI=1S/C16H19FN4O.ClH/c17-14-4-1-3-13(11-14)12-19-15(22)16(5-8-18-9-6-16)21-10-2-7-20-21;/h1-4,7,10-11,18H,5-6,8-9,12H2,(H,19,22);1H. The summed E-state index contributed by atoms with van der Waals surface area (Å²) in [6.07, 6.45) is 4.88. The van der Waals surface area contributed by atoms with Crippen molar-refractivity contribution in [1.82, 2.24) is 20.4 Å². The molecule has 2 aromatic rings. The average Bonchev–Trinajstić information content (AvgIpc) is 3.08. The molecule has 1 saturated heterocycles. The fourth-order valence-corrected chi connectivity index (χ4v) is 2.92. The Hall–Kier alpha value is -1.92. The first-order chi connectivity index (χ1) is 10.7. The topological polar surface area (TPSA) is 59.0 Å². The van der Waals surface area contributed by atoms with Gasteiger partial charge in [-0.2, -0.15) is 5.10 Å². The van der Waals surface area contributed by atoms with Crippen molar-refractivity contribution >= 4 is 18.3 Å². The monoisotopic (exact) mass is 338 g/mol. The molecule has 1 aliphatic heterocycles. The van der Waals surface area contributed by atoms with E-state index in [2.05, 4.69) is 15.7 Å². The summed E-state index contributed by atoms with van der Waals surface area (Å²) in [5.41, 5.74) is 0.0834. The van der Waals surface area contributed by atoms with Crippen LogP contribution in [0.25, 0.3) is 0 Å². The molecule has 0 aliphatic carbocycles. The third-order valence-electron chi connectivity index (χ3n) is 4.14. The highest BCUT2D eigenvalue weighted by atomic mass is 35.5. The summed E-state index contributed by atoms with van der Waals surface area (Å²) in [7, 11) is 0. The van der Waals surface area contributed by atoms with Crippen molar-refractivity contribution in [2.45, 2.75) is 24.9 Å². The minimum atomic E-state index is -0.665. The first-order valence-corrected chi connectivity index (χ1v) is 7.44. The van der Waals surface area contributed by atoms with Crippen LogP contribution < -0.4 is 10.6 Å². The fourth-order valence-electron chi connectivity index (χ4n) is 2.92. The lowest BCUT2D eigenvalue weighted by Crippen LogP contribution is -2.54. The molecule has 3 rings (SSSR count). The van der Waals surface area contributed by atoms with E-state index in [1.807, 2.05) is 12.3 Å². The van der Waals surface area contributed by atoms with E-state index in [1.165, 1.54) is 12.1 Å². The Balaban J connectivity index is 0.00000192. The van der Waals surface area contributed by atoms with Gasteiger partial charge < -0.3 is 10.6 Å². The average molecular weight is 339 g/mol. The van der Waals surface area contributed by atoms with Crippen LogP contribution in [0.15, 0.2) is 42.7 Å². The number of aromatic nitrogens is 2. The van der Waals surface area contributed by atoms with E-state index in [4.69, 9.17) is 0 Å². The molecule has 1 aliphatic rings. The molecule has 1 aromatic heterocycles. The van der Waals surface area contributed by atoms with Gasteiger partial charge in [0.25, 0.3) is 0 Å². The summed E-state index contributed by atoms with van der Waals surface area (Å²) in [6, 6.07) is 8.09. The fraction of sp³-hybridized carbons (Fsp3) is 0.375. The second-order valence-corrected chi connectivity index (χ2v) is 5.54. The van der Waals surface area contributed by atoms with E-state index in [9.17, 15) is 9.18 Å². The van der Waals surface area contributed by atoms with Crippen LogP contribution in [0.3, 0.4) is 0 Å². The number of nitrogens with one attached hydrogen (secondary N) is 2. The Kier molecular flexibility index (Phi) is 5.74. The summed E-state index contributed by atoms with van der Waals surface area (Å²) in [5, 5.41) is 10.5. The normalized spacial score (nSPS) is 16.4. The minimum Gasteiger partial charge on any atom is -0.350 e. The van der Waals surface area contributed by atoms with Gasteiger partial charge >= 0.3 is 0 Å². The smallest absolute Gasteiger partial charge is 0.248 e. The third-order valence-corrected chi connectivity index (χ3v) is 4.14. The van der Waals surface area contributed by atoms with Crippen molar-refractivity contribution in [3.63, 3.8) is 0 Å². The summed E-state index contributed by atoms with van der Waals surface area (Å²) in [6.45, 7) is 1.85. The molecule has 2 N–H and O–H groups in total. The summed E-state index contributed by atoms with van der Waals surface area (Å²) >= 11 is 0. The van der Waals surface area contributed by atoms with E-state index in [0.29, 0.717) is 19.4 Å². The lowest BCUT2D eigenvalue weighted by molar-refractivity contribution is -0.132. The zero-order chi connectivity index (χ0) is 15.4. The van der Waals surface area contributed by atoms with E-state index in [0.717, 1.165) is 18.7 Å². The summed E-state index contributed by atoms with van der Waals surface area (Å²) in [4.78, 5) is 12.8. The van der Waals surface area contributed by atoms with Gasteiger partial charge in [-0.15, -0.1) is 12.4 Å². The van der Waals surface area contributed by atoms with E-state index >= 15 is 0 Å². The first-order valence-electron chi connectivity index (χ1n) is 7.44. The Morgan fingerprint density at radius 3 is 2.78 bits per heavy atom. The Morgan fingerprint density at radius 2 is 2.13 bits per heavy atom. The van der Waals surface area contributed by atoms with Gasteiger partial charge in [0.1, 0.15) is 11.4 Å². The molecule has 0 spiro atoms. The van der Waals surface area contributed by atoms with Crippen LogP contribution in [0, 0.1) is 5.82 Å². The second-order valence-electron chi connectivity index (χ2n) is 5.54. The number of hydrogen-bond donors (Lipinski definition) is 2. The van der Waals surface area contributed by atoms with Crippen molar-refractivity contribution in [1.29, 1.82) is 0 Å². The minimum absolute atomic E-state index is 0. The second kappa shape index (κ2) is 7.57. The summed E-state index contributed by atoms with van der Waals surface area (Å²) < 4.78 is 15.0. The highest BCUT2D eigenvalue weighted by Crippen LogP contribution is 2.27. The van der Waals surface area contributed by atoms with Gasteiger partial charge in [0.05, 0.1) is 0 Å². The molecule has 2 heterocycles. The Morgan fingerprint density at radius 1 is 1.35 bits per heavy atom. The van der Waals surface area contributed by atoms with E-state index < -0.39 is 5.54 Å². The molecule has 0 unspecified atom stereocenters. The zero-order valence-electron chi connectivity index (χ0n) is 12.7. The maximum Gasteiger partial charge on any atom is 0.248 e. The van der Waals surface area contributed by atoms with Crippen molar-refractivity contribution in [3.8, 4) is 0 Å². The van der Waals surface area contributed by atoms with Crippen LogP contribution in [-0.2, 0) is 16.9 Å². The first kappa shape index (κ1) is 17.4. The molecule has 0 saturated carbocycles. The number of hydrogen-bond acceptors (Lipinski definition) is 3. The van der Waals surface area contributed by atoms with Crippen molar-refractivity contribution in [2.75, 3.05) is 13.1 Å². The number of carbonyl (C=O) groups excluding carboxylic acids is 1. The molecular weight excluding hydrogens is 319 g/mol. The number of carbonyl (C=O) groups is 1. The molecule has 0 radical (unpaired) electrons. The van der Waals surface area contributed by atoms with Crippen LogP contribution in [0.2, 0.25) is 0 Å². The predicted molar refractivity (Wildman–Crippen MR) is 87.8 cm³/mol. The molecule has 23 heavy (non-hydrogen) atoms. The van der Waals surface area contributed by atoms with Gasteiger partial charge in [-0.1, -0.05) is 12.1 Å². The van der Waals surface area contributed by atoms with Crippen LogP contribution >= 0.6 is 12.4 Å². The van der Waals surface area contributed by atoms with Crippen LogP contribution in [0.1, 0.15) is 18.4 Å². The molecule has 1 aromatic carbocycles.